The van der Waals surface area contributed by atoms with E-state index < -0.39 is 0 Å². The normalized spacial score (nSPS) is 15.2. The SMILES string of the molecule is Cc1ccc(C)cc1.O=C1CCCCN1Cc1ccccc1N1CCC(=CCNCc2cc(=O)c3c(O)cc(O)cc3o2)CC1. The Balaban J connectivity index is 0.000000436. The first-order valence-corrected chi connectivity index (χ1v) is 15.8. The number of anilines is 1. The minimum atomic E-state index is -0.341. The highest BCUT2D eigenvalue weighted by molar-refractivity contribution is 5.84. The average Bonchev–Trinajstić information content (AvgIpc) is 3.02. The zero-order valence-corrected chi connectivity index (χ0v) is 26.2. The number of amides is 1. The van der Waals surface area contributed by atoms with Crippen molar-refractivity contribution in [3.8, 4) is 11.5 Å². The van der Waals surface area contributed by atoms with Crippen molar-refractivity contribution in [3.63, 3.8) is 0 Å². The number of rotatable bonds is 7. The molecule has 0 saturated carbocycles. The molecule has 0 bridgehead atoms. The summed E-state index contributed by atoms with van der Waals surface area (Å²) in [6.45, 7) is 8.60. The molecule has 8 nitrogen and oxygen atoms in total. The molecule has 1 aromatic heterocycles. The Hall–Kier alpha value is -4.56. The van der Waals surface area contributed by atoms with Gasteiger partial charge in [-0.15, -0.1) is 0 Å². The van der Waals surface area contributed by atoms with E-state index in [1.165, 1.54) is 40.1 Å². The van der Waals surface area contributed by atoms with E-state index in [-0.39, 0.29) is 33.8 Å². The predicted octanol–water partition coefficient (Wildman–Crippen LogP) is 6.34. The van der Waals surface area contributed by atoms with Gasteiger partial charge in [0.15, 0.2) is 5.43 Å². The number of aromatic hydroxyl groups is 2. The van der Waals surface area contributed by atoms with Crippen molar-refractivity contribution >= 4 is 22.6 Å². The molecule has 2 saturated heterocycles. The van der Waals surface area contributed by atoms with Gasteiger partial charge in [-0.2, -0.15) is 0 Å². The summed E-state index contributed by atoms with van der Waals surface area (Å²) in [5, 5.41) is 22.9. The number of likely N-dealkylation sites (tertiary alicyclic amines) is 1. The first-order chi connectivity index (χ1) is 21.8. The quantitative estimate of drug-likeness (QED) is 0.166. The van der Waals surface area contributed by atoms with Gasteiger partial charge in [-0.25, -0.2) is 0 Å². The van der Waals surface area contributed by atoms with E-state index >= 15 is 0 Å². The lowest BCUT2D eigenvalue weighted by atomic mass is 10.0. The number of hydrogen-bond donors (Lipinski definition) is 3. The minimum absolute atomic E-state index is 0.0690. The van der Waals surface area contributed by atoms with E-state index in [1.807, 2.05) is 4.90 Å². The number of hydrogen-bond acceptors (Lipinski definition) is 7. The van der Waals surface area contributed by atoms with Crippen molar-refractivity contribution in [1.82, 2.24) is 10.2 Å². The summed E-state index contributed by atoms with van der Waals surface area (Å²) in [7, 11) is 0. The van der Waals surface area contributed by atoms with Gasteiger partial charge in [-0.1, -0.05) is 65.2 Å². The van der Waals surface area contributed by atoms with Crippen LogP contribution in [0.2, 0.25) is 0 Å². The molecule has 0 spiro atoms. The molecule has 2 aliphatic heterocycles. The lowest BCUT2D eigenvalue weighted by Crippen LogP contribution is -2.36. The zero-order valence-electron chi connectivity index (χ0n) is 26.2. The molecular weight excluding hydrogens is 566 g/mol. The van der Waals surface area contributed by atoms with E-state index in [9.17, 15) is 19.8 Å². The summed E-state index contributed by atoms with van der Waals surface area (Å²) in [4.78, 5) is 29.1. The van der Waals surface area contributed by atoms with Gasteiger partial charge in [0.05, 0.1) is 6.54 Å². The van der Waals surface area contributed by atoms with Crippen molar-refractivity contribution in [2.24, 2.45) is 0 Å². The Kier molecular flexibility index (Phi) is 10.6. The first kappa shape index (κ1) is 31.9. The largest absolute Gasteiger partial charge is 0.508 e. The molecule has 0 aliphatic carbocycles. The van der Waals surface area contributed by atoms with Crippen molar-refractivity contribution < 1.29 is 19.4 Å². The first-order valence-electron chi connectivity index (χ1n) is 15.8. The van der Waals surface area contributed by atoms with Crippen molar-refractivity contribution in [3.05, 3.63) is 111 Å². The average molecular weight is 610 g/mol. The maximum Gasteiger partial charge on any atom is 0.222 e. The molecule has 0 radical (unpaired) electrons. The Morgan fingerprint density at radius 3 is 2.29 bits per heavy atom. The number of aryl methyl sites for hydroxylation is 2. The molecule has 2 aliphatic rings. The number of carbonyl (C=O) groups is 1. The molecule has 0 unspecified atom stereocenters. The van der Waals surface area contributed by atoms with Gasteiger partial charge in [0.2, 0.25) is 5.91 Å². The number of phenols is 2. The molecule has 236 valence electrons. The van der Waals surface area contributed by atoms with Crippen LogP contribution < -0.4 is 15.6 Å². The molecule has 3 aromatic carbocycles. The second kappa shape index (κ2) is 14.9. The van der Waals surface area contributed by atoms with Gasteiger partial charge in [0.1, 0.15) is 28.2 Å². The van der Waals surface area contributed by atoms with Crippen LogP contribution in [0.3, 0.4) is 0 Å². The van der Waals surface area contributed by atoms with Crippen molar-refractivity contribution in [2.45, 2.75) is 59.0 Å². The number of fused-ring (bicyclic) bond motifs is 1. The van der Waals surface area contributed by atoms with Gasteiger partial charge in [0, 0.05) is 63.0 Å². The zero-order chi connectivity index (χ0) is 31.8. The van der Waals surface area contributed by atoms with Crippen LogP contribution >= 0.6 is 0 Å². The van der Waals surface area contributed by atoms with Crippen molar-refractivity contribution in [2.75, 3.05) is 31.1 Å². The molecule has 3 heterocycles. The van der Waals surface area contributed by atoms with Crippen LogP contribution in [0.5, 0.6) is 11.5 Å². The molecule has 0 atom stereocenters. The fourth-order valence-corrected chi connectivity index (χ4v) is 5.87. The molecule has 3 N–H and O–H groups in total. The van der Waals surface area contributed by atoms with Gasteiger partial charge >= 0.3 is 0 Å². The second-order valence-electron chi connectivity index (χ2n) is 12.0. The molecule has 6 rings (SSSR count). The molecule has 4 aromatic rings. The number of nitrogens with one attached hydrogen (secondary N) is 1. The van der Waals surface area contributed by atoms with Crippen LogP contribution in [0, 0.1) is 13.8 Å². The van der Waals surface area contributed by atoms with Gasteiger partial charge in [0.25, 0.3) is 0 Å². The van der Waals surface area contributed by atoms with Crippen LogP contribution in [-0.2, 0) is 17.9 Å². The lowest BCUT2D eigenvalue weighted by molar-refractivity contribution is -0.133. The summed E-state index contributed by atoms with van der Waals surface area (Å²) in [6, 6.07) is 20.7. The number of piperidine rings is 2. The number of benzene rings is 3. The van der Waals surface area contributed by atoms with Crippen LogP contribution in [-0.4, -0.2) is 47.2 Å². The topological polar surface area (TPSA) is 106 Å². The molecular formula is C37H43N3O5. The minimum Gasteiger partial charge on any atom is -0.508 e. The molecule has 1 amide bonds. The maximum absolute atomic E-state index is 12.3. The third-order valence-electron chi connectivity index (χ3n) is 8.42. The summed E-state index contributed by atoms with van der Waals surface area (Å²) in [5.74, 6) is 0.259. The number of nitrogens with zero attached hydrogens (tertiary/aromatic N) is 2. The van der Waals surface area contributed by atoms with Gasteiger partial charge < -0.3 is 29.7 Å². The van der Waals surface area contributed by atoms with E-state index in [0.717, 1.165) is 51.4 Å². The fraction of sp³-hybridized carbons (Fsp3) is 0.351. The standard InChI is InChI=1S/C29H33N3O5.C8H10/c33-22-15-25(34)29-26(35)17-23(37-27(29)16-22)18-30-11-8-20-9-13-31(14-10-20)24-6-2-1-5-21(24)19-32-12-4-3-7-28(32)36;1-7-3-5-8(2)6-4-7/h1-2,5-6,8,15-17,30,33-34H,3-4,7,9-14,18-19H2;3-6H,1-2H3. The van der Waals surface area contributed by atoms with Crippen molar-refractivity contribution in [1.29, 1.82) is 0 Å². The van der Waals surface area contributed by atoms with Crippen LogP contribution in [0.1, 0.15) is 54.6 Å². The van der Waals surface area contributed by atoms with Crippen LogP contribution in [0.4, 0.5) is 5.69 Å². The summed E-state index contributed by atoms with van der Waals surface area (Å²) >= 11 is 0. The number of para-hydroxylation sites is 1. The number of phenolic OH excluding ortho intramolecular Hbond substituents is 2. The highest BCUT2D eigenvalue weighted by Gasteiger charge is 2.22. The monoisotopic (exact) mass is 609 g/mol. The Bertz CT molecular complexity index is 1680. The predicted molar refractivity (Wildman–Crippen MR) is 179 cm³/mol. The summed E-state index contributed by atoms with van der Waals surface area (Å²) in [5.41, 5.74) is 6.31. The highest BCUT2D eigenvalue weighted by Crippen LogP contribution is 2.29. The summed E-state index contributed by atoms with van der Waals surface area (Å²) < 4.78 is 5.70. The lowest BCUT2D eigenvalue weighted by Gasteiger charge is -2.34. The smallest absolute Gasteiger partial charge is 0.222 e. The van der Waals surface area contributed by atoms with Crippen LogP contribution in [0.25, 0.3) is 11.0 Å². The maximum atomic E-state index is 12.3. The highest BCUT2D eigenvalue weighted by atomic mass is 16.3. The molecule has 2 fully saturated rings. The fourth-order valence-electron chi connectivity index (χ4n) is 5.87. The third-order valence-corrected chi connectivity index (χ3v) is 8.42. The van der Waals surface area contributed by atoms with Gasteiger partial charge in [-0.3, -0.25) is 9.59 Å². The third kappa shape index (κ3) is 8.54. The Labute approximate surface area is 264 Å². The molecule has 45 heavy (non-hydrogen) atoms. The molecule has 8 heteroatoms. The van der Waals surface area contributed by atoms with E-state index in [2.05, 4.69) is 78.7 Å². The Morgan fingerprint density at radius 1 is 0.867 bits per heavy atom. The van der Waals surface area contributed by atoms with E-state index in [1.54, 1.807) is 0 Å². The van der Waals surface area contributed by atoms with Gasteiger partial charge in [-0.05, 0) is 51.2 Å². The second-order valence-corrected chi connectivity index (χ2v) is 12.0. The Morgan fingerprint density at radius 2 is 1.58 bits per heavy atom. The van der Waals surface area contributed by atoms with E-state index in [0.29, 0.717) is 31.8 Å². The summed E-state index contributed by atoms with van der Waals surface area (Å²) in [6.07, 6.45) is 6.89. The number of carbonyl (C=O) groups excluding carboxylic acids is 1. The van der Waals surface area contributed by atoms with E-state index in [4.69, 9.17) is 4.42 Å². The van der Waals surface area contributed by atoms with Crippen LogP contribution in [0.15, 0.2) is 87.6 Å².